The normalized spacial score (nSPS) is 10.2. The number of benzene rings is 1. The van der Waals surface area contributed by atoms with E-state index < -0.39 is 0 Å². The lowest BCUT2D eigenvalue weighted by Gasteiger charge is -2.03. The van der Waals surface area contributed by atoms with Crippen LogP contribution in [0.4, 0.5) is 0 Å². The molecule has 1 aromatic heterocycles. The van der Waals surface area contributed by atoms with Crippen molar-refractivity contribution in [3.8, 4) is 0 Å². The quantitative estimate of drug-likeness (QED) is 0.862. The van der Waals surface area contributed by atoms with Gasteiger partial charge in [0.2, 0.25) is 5.91 Å². The predicted molar refractivity (Wildman–Crippen MR) is 68.2 cm³/mol. The largest absolute Gasteiger partial charge is 0.358 e. The smallest absolute Gasteiger partial charge is 0.253 e. The molecule has 0 atom stereocenters. The maximum Gasteiger partial charge on any atom is 0.253 e. The number of thiophene rings is 1. The van der Waals surface area contributed by atoms with Crippen LogP contribution in [0, 0.1) is 0 Å². The zero-order valence-electron chi connectivity index (χ0n) is 9.32. The molecule has 2 amide bonds. The van der Waals surface area contributed by atoms with Crippen molar-refractivity contribution in [1.29, 1.82) is 0 Å². The summed E-state index contributed by atoms with van der Waals surface area (Å²) in [6.07, 6.45) is 0. The Balaban J connectivity index is 2.17. The van der Waals surface area contributed by atoms with E-state index in [4.69, 9.17) is 0 Å². The molecule has 0 radical (unpaired) electrons. The number of rotatable bonds is 3. The summed E-state index contributed by atoms with van der Waals surface area (Å²) in [5.74, 6) is -0.427. The second kappa shape index (κ2) is 4.97. The Bertz CT molecular complexity index is 562. The highest BCUT2D eigenvalue weighted by molar-refractivity contribution is 7.17. The summed E-state index contributed by atoms with van der Waals surface area (Å²) in [7, 11) is 1.54. The van der Waals surface area contributed by atoms with E-state index in [1.54, 1.807) is 0 Å². The van der Waals surface area contributed by atoms with Crippen molar-refractivity contribution in [1.82, 2.24) is 10.6 Å². The highest BCUT2D eigenvalue weighted by atomic mass is 32.1. The molecule has 0 aliphatic carbocycles. The van der Waals surface area contributed by atoms with Crippen LogP contribution in [0.3, 0.4) is 0 Å². The van der Waals surface area contributed by atoms with Gasteiger partial charge in [0.05, 0.1) is 12.1 Å². The maximum atomic E-state index is 11.9. The highest BCUT2D eigenvalue weighted by Gasteiger charge is 2.12. The molecule has 0 fully saturated rings. The molecule has 88 valence electrons. The second-order valence-electron chi connectivity index (χ2n) is 3.50. The molecule has 2 aromatic rings. The van der Waals surface area contributed by atoms with E-state index in [0.29, 0.717) is 5.56 Å². The van der Waals surface area contributed by atoms with Gasteiger partial charge in [0.15, 0.2) is 0 Å². The number of hydrogen-bond acceptors (Lipinski definition) is 3. The Hall–Kier alpha value is -1.88. The third-order valence-electron chi connectivity index (χ3n) is 2.41. The van der Waals surface area contributed by atoms with E-state index in [2.05, 4.69) is 10.6 Å². The molecule has 1 heterocycles. The third kappa shape index (κ3) is 2.45. The van der Waals surface area contributed by atoms with Crippen molar-refractivity contribution >= 4 is 33.2 Å². The molecule has 2 rings (SSSR count). The van der Waals surface area contributed by atoms with Gasteiger partial charge in [-0.25, -0.2) is 0 Å². The van der Waals surface area contributed by atoms with Crippen LogP contribution in [0.15, 0.2) is 29.6 Å². The van der Waals surface area contributed by atoms with Gasteiger partial charge < -0.3 is 10.6 Å². The molecule has 2 N–H and O–H groups in total. The lowest BCUT2D eigenvalue weighted by Crippen LogP contribution is -2.35. The van der Waals surface area contributed by atoms with E-state index in [0.717, 1.165) is 10.1 Å². The first-order chi connectivity index (χ1) is 8.22. The van der Waals surface area contributed by atoms with Gasteiger partial charge in [-0.15, -0.1) is 11.3 Å². The Morgan fingerprint density at radius 2 is 2.06 bits per heavy atom. The molecule has 4 nitrogen and oxygen atoms in total. The van der Waals surface area contributed by atoms with Crippen LogP contribution in [-0.2, 0) is 4.79 Å². The molecule has 5 heteroatoms. The molecule has 0 saturated heterocycles. The van der Waals surface area contributed by atoms with Crippen molar-refractivity contribution in [3.63, 3.8) is 0 Å². The summed E-state index contributed by atoms with van der Waals surface area (Å²) in [6, 6.07) is 7.70. The molecule has 17 heavy (non-hydrogen) atoms. The fourth-order valence-electron chi connectivity index (χ4n) is 1.50. The summed E-state index contributed by atoms with van der Waals surface area (Å²) >= 11 is 1.52. The number of fused-ring (bicyclic) bond motifs is 1. The number of carbonyl (C=O) groups is 2. The van der Waals surface area contributed by atoms with Crippen molar-refractivity contribution in [2.75, 3.05) is 13.6 Å². The van der Waals surface area contributed by atoms with Gasteiger partial charge >= 0.3 is 0 Å². The average Bonchev–Trinajstić information content (AvgIpc) is 2.79. The number of hydrogen-bond donors (Lipinski definition) is 2. The number of amides is 2. The van der Waals surface area contributed by atoms with E-state index in [1.165, 1.54) is 18.4 Å². The lowest BCUT2D eigenvalue weighted by atomic mass is 10.1. The summed E-state index contributed by atoms with van der Waals surface area (Å²) in [5.41, 5.74) is 0.620. The fraction of sp³-hybridized carbons (Fsp3) is 0.167. The monoisotopic (exact) mass is 248 g/mol. The number of likely N-dealkylation sites (N-methyl/N-ethyl adjacent to an activating group) is 1. The second-order valence-corrected chi connectivity index (χ2v) is 4.41. The summed E-state index contributed by atoms with van der Waals surface area (Å²) in [5, 5.41) is 7.77. The minimum absolute atomic E-state index is 0.000489. The molecule has 0 spiro atoms. The van der Waals surface area contributed by atoms with E-state index in [-0.39, 0.29) is 18.4 Å². The topological polar surface area (TPSA) is 58.2 Å². The number of nitrogens with one attached hydrogen (secondary N) is 2. The van der Waals surface area contributed by atoms with E-state index in [1.807, 2.05) is 29.6 Å². The third-order valence-corrected chi connectivity index (χ3v) is 3.38. The SMILES string of the molecule is CNC(=O)CNC(=O)c1csc2ccccc12. The Labute approximate surface area is 103 Å². The van der Waals surface area contributed by atoms with Crippen LogP contribution in [0.1, 0.15) is 10.4 Å². The first kappa shape index (κ1) is 11.6. The maximum absolute atomic E-state index is 11.9. The van der Waals surface area contributed by atoms with Gasteiger partial charge in [-0.1, -0.05) is 18.2 Å². The van der Waals surface area contributed by atoms with Crippen LogP contribution in [-0.4, -0.2) is 25.4 Å². The Morgan fingerprint density at radius 1 is 1.29 bits per heavy atom. The average molecular weight is 248 g/mol. The van der Waals surface area contributed by atoms with Crippen molar-refractivity contribution in [2.45, 2.75) is 0 Å². The van der Waals surface area contributed by atoms with Gasteiger partial charge in [-0.05, 0) is 6.07 Å². The molecular weight excluding hydrogens is 236 g/mol. The Morgan fingerprint density at radius 3 is 2.82 bits per heavy atom. The summed E-state index contributed by atoms with van der Waals surface area (Å²) in [4.78, 5) is 22.9. The molecule has 0 unspecified atom stereocenters. The molecule has 0 aliphatic heterocycles. The fourth-order valence-corrected chi connectivity index (χ4v) is 2.44. The molecule has 1 aromatic carbocycles. The van der Waals surface area contributed by atoms with Gasteiger partial charge in [-0.3, -0.25) is 9.59 Å². The summed E-state index contributed by atoms with van der Waals surface area (Å²) < 4.78 is 1.07. The zero-order chi connectivity index (χ0) is 12.3. The Kier molecular flexibility index (Phi) is 3.39. The van der Waals surface area contributed by atoms with Gasteiger partial charge in [0, 0.05) is 22.5 Å². The standard InChI is InChI=1S/C12H12N2O2S/c1-13-11(15)6-14-12(16)9-7-17-10-5-3-2-4-8(9)10/h2-5,7H,6H2,1H3,(H,13,15)(H,14,16). The zero-order valence-corrected chi connectivity index (χ0v) is 10.1. The van der Waals surface area contributed by atoms with Crippen molar-refractivity contribution < 1.29 is 9.59 Å². The van der Waals surface area contributed by atoms with Crippen LogP contribution >= 0.6 is 11.3 Å². The van der Waals surface area contributed by atoms with Crippen LogP contribution in [0.2, 0.25) is 0 Å². The minimum atomic E-state index is -0.217. The van der Waals surface area contributed by atoms with Gasteiger partial charge in [0.25, 0.3) is 5.91 Å². The van der Waals surface area contributed by atoms with E-state index >= 15 is 0 Å². The van der Waals surface area contributed by atoms with Crippen LogP contribution in [0.5, 0.6) is 0 Å². The van der Waals surface area contributed by atoms with Gasteiger partial charge in [0.1, 0.15) is 0 Å². The highest BCUT2D eigenvalue weighted by Crippen LogP contribution is 2.25. The molecular formula is C12H12N2O2S. The first-order valence-electron chi connectivity index (χ1n) is 5.17. The van der Waals surface area contributed by atoms with Crippen LogP contribution < -0.4 is 10.6 Å². The molecule has 0 bridgehead atoms. The van der Waals surface area contributed by atoms with Crippen molar-refractivity contribution in [2.24, 2.45) is 0 Å². The number of carbonyl (C=O) groups excluding carboxylic acids is 2. The molecule has 0 aliphatic rings. The minimum Gasteiger partial charge on any atom is -0.358 e. The first-order valence-corrected chi connectivity index (χ1v) is 6.05. The van der Waals surface area contributed by atoms with Gasteiger partial charge in [-0.2, -0.15) is 0 Å². The molecule has 0 saturated carbocycles. The lowest BCUT2D eigenvalue weighted by molar-refractivity contribution is -0.119. The predicted octanol–water partition coefficient (Wildman–Crippen LogP) is 1.38. The van der Waals surface area contributed by atoms with E-state index in [9.17, 15) is 9.59 Å². The van der Waals surface area contributed by atoms with Crippen LogP contribution in [0.25, 0.3) is 10.1 Å². The van der Waals surface area contributed by atoms with Crippen molar-refractivity contribution in [3.05, 3.63) is 35.2 Å². The summed E-state index contributed by atoms with van der Waals surface area (Å²) in [6.45, 7) is -0.000489.